The number of piperazine rings is 2. The molecule has 0 aromatic rings. The Morgan fingerprint density at radius 3 is 1.95 bits per heavy atom. The molecule has 3 saturated heterocycles. The van der Waals surface area contributed by atoms with Gasteiger partial charge in [-0.15, -0.1) is 0 Å². The number of likely N-dealkylation sites (tertiary alicyclic amines) is 2. The van der Waals surface area contributed by atoms with Gasteiger partial charge in [0.15, 0.2) is 0 Å². The van der Waals surface area contributed by atoms with E-state index in [2.05, 4.69) is 23.6 Å². The molecule has 3 rings (SSSR count). The van der Waals surface area contributed by atoms with Crippen molar-refractivity contribution in [1.82, 2.24) is 19.6 Å². The van der Waals surface area contributed by atoms with Crippen molar-refractivity contribution in [2.24, 2.45) is 0 Å². The maximum absolute atomic E-state index is 12.7. The molecule has 0 spiro atoms. The summed E-state index contributed by atoms with van der Waals surface area (Å²) in [6.45, 7) is 10.7. The molecule has 0 aromatic heterocycles. The van der Waals surface area contributed by atoms with Gasteiger partial charge in [0.05, 0.1) is 0 Å². The molecular formula is C15H26N4O2. The summed E-state index contributed by atoms with van der Waals surface area (Å²) in [6, 6.07) is 1.53. The zero-order valence-electron chi connectivity index (χ0n) is 13.3. The fourth-order valence-electron chi connectivity index (χ4n) is 3.75. The molecule has 21 heavy (non-hydrogen) atoms. The van der Waals surface area contributed by atoms with E-state index in [1.54, 1.807) is 6.92 Å². The molecule has 0 aliphatic carbocycles. The van der Waals surface area contributed by atoms with Crippen LogP contribution in [0.4, 0.5) is 4.79 Å². The molecule has 3 fully saturated rings. The summed E-state index contributed by atoms with van der Waals surface area (Å²) in [4.78, 5) is 32.3. The standard InChI is InChI=1S/C15H26N4O2/c1-11(2)18-9-13-8-14(10-18)19(13)15(21)17-6-4-16(5-7-17)12(3)20/h11,13-14H,4-10H2,1-3H3. The number of rotatable bonds is 1. The maximum Gasteiger partial charge on any atom is 0.320 e. The van der Waals surface area contributed by atoms with E-state index < -0.39 is 0 Å². The van der Waals surface area contributed by atoms with Crippen LogP contribution >= 0.6 is 0 Å². The summed E-state index contributed by atoms with van der Waals surface area (Å²) in [5, 5.41) is 0. The van der Waals surface area contributed by atoms with Gasteiger partial charge in [-0.25, -0.2) is 4.79 Å². The van der Waals surface area contributed by atoms with Crippen LogP contribution in [0.25, 0.3) is 0 Å². The summed E-state index contributed by atoms with van der Waals surface area (Å²) in [5.74, 6) is 0.107. The maximum atomic E-state index is 12.7. The van der Waals surface area contributed by atoms with Gasteiger partial charge in [0.2, 0.25) is 5.91 Å². The Bertz CT molecular complexity index is 419. The van der Waals surface area contributed by atoms with E-state index in [9.17, 15) is 9.59 Å². The molecule has 6 heteroatoms. The van der Waals surface area contributed by atoms with Gasteiger partial charge in [-0.05, 0) is 20.3 Å². The van der Waals surface area contributed by atoms with Crippen molar-refractivity contribution in [2.45, 2.75) is 45.3 Å². The average Bonchev–Trinajstić information content (AvgIpc) is 2.47. The predicted octanol–water partition coefficient (Wildman–Crippen LogP) is 0.437. The van der Waals surface area contributed by atoms with Crippen LogP contribution in [0.1, 0.15) is 27.2 Å². The van der Waals surface area contributed by atoms with E-state index in [1.165, 1.54) is 0 Å². The minimum absolute atomic E-state index is 0.107. The summed E-state index contributed by atoms with van der Waals surface area (Å²) >= 11 is 0. The molecule has 2 atom stereocenters. The lowest BCUT2D eigenvalue weighted by Gasteiger charge is -2.58. The number of carbonyl (C=O) groups excluding carboxylic acids is 2. The fraction of sp³-hybridized carbons (Fsp3) is 0.867. The lowest BCUT2D eigenvalue weighted by atomic mass is 9.87. The Morgan fingerprint density at radius 1 is 0.952 bits per heavy atom. The second-order valence-corrected chi connectivity index (χ2v) is 6.77. The van der Waals surface area contributed by atoms with Crippen molar-refractivity contribution in [2.75, 3.05) is 39.3 Å². The predicted molar refractivity (Wildman–Crippen MR) is 80.0 cm³/mol. The smallest absolute Gasteiger partial charge is 0.320 e. The topological polar surface area (TPSA) is 47.1 Å². The molecule has 2 unspecified atom stereocenters. The number of amides is 3. The minimum atomic E-state index is 0.107. The molecule has 3 aliphatic rings. The molecule has 0 aromatic carbocycles. The normalized spacial score (nSPS) is 29.6. The first-order valence-electron chi connectivity index (χ1n) is 8.04. The number of urea groups is 1. The quantitative estimate of drug-likeness (QED) is 0.705. The van der Waals surface area contributed by atoms with E-state index in [1.807, 2.05) is 9.80 Å². The van der Waals surface area contributed by atoms with Crippen molar-refractivity contribution < 1.29 is 9.59 Å². The van der Waals surface area contributed by atoms with Crippen LogP contribution in [0.3, 0.4) is 0 Å². The first kappa shape index (κ1) is 14.6. The van der Waals surface area contributed by atoms with Crippen molar-refractivity contribution in [3.63, 3.8) is 0 Å². The molecule has 2 bridgehead atoms. The van der Waals surface area contributed by atoms with Gasteiger partial charge >= 0.3 is 6.03 Å². The number of carbonyl (C=O) groups is 2. The van der Waals surface area contributed by atoms with Gasteiger partial charge < -0.3 is 14.7 Å². The highest BCUT2D eigenvalue weighted by Crippen LogP contribution is 2.34. The molecule has 0 N–H and O–H groups in total. The lowest BCUT2D eigenvalue weighted by molar-refractivity contribution is -0.130. The minimum Gasteiger partial charge on any atom is -0.339 e. The van der Waals surface area contributed by atoms with Crippen LogP contribution in [0, 0.1) is 0 Å². The molecule has 3 amide bonds. The van der Waals surface area contributed by atoms with E-state index in [0.29, 0.717) is 44.3 Å². The molecule has 0 saturated carbocycles. The van der Waals surface area contributed by atoms with Crippen LogP contribution in [-0.4, -0.2) is 88.9 Å². The summed E-state index contributed by atoms with van der Waals surface area (Å²) < 4.78 is 0. The first-order chi connectivity index (χ1) is 9.97. The average molecular weight is 294 g/mol. The van der Waals surface area contributed by atoms with Crippen LogP contribution in [0.15, 0.2) is 0 Å². The Kier molecular flexibility index (Phi) is 3.82. The van der Waals surface area contributed by atoms with Gasteiger partial charge in [-0.1, -0.05) is 0 Å². The van der Waals surface area contributed by atoms with Crippen molar-refractivity contribution in [1.29, 1.82) is 0 Å². The van der Waals surface area contributed by atoms with Gasteiger partial charge in [0.1, 0.15) is 0 Å². The molecule has 3 aliphatic heterocycles. The van der Waals surface area contributed by atoms with Crippen LogP contribution in [-0.2, 0) is 4.79 Å². The number of piperidine rings is 1. The van der Waals surface area contributed by atoms with E-state index in [0.717, 1.165) is 19.5 Å². The van der Waals surface area contributed by atoms with Gasteiger partial charge in [0, 0.05) is 64.3 Å². The Balaban J connectivity index is 1.55. The molecule has 118 valence electrons. The molecule has 3 heterocycles. The highest BCUT2D eigenvalue weighted by atomic mass is 16.2. The summed E-state index contributed by atoms with van der Waals surface area (Å²) in [6.07, 6.45) is 1.16. The van der Waals surface area contributed by atoms with Gasteiger partial charge in [0.25, 0.3) is 0 Å². The van der Waals surface area contributed by atoms with Crippen molar-refractivity contribution in [3.05, 3.63) is 0 Å². The number of hydrogen-bond acceptors (Lipinski definition) is 3. The zero-order chi connectivity index (χ0) is 15.1. The van der Waals surface area contributed by atoms with E-state index in [4.69, 9.17) is 0 Å². The van der Waals surface area contributed by atoms with Crippen LogP contribution in [0.5, 0.6) is 0 Å². The molecule has 6 nitrogen and oxygen atoms in total. The third-order valence-corrected chi connectivity index (χ3v) is 5.17. The number of hydrogen-bond donors (Lipinski definition) is 0. The summed E-state index contributed by atoms with van der Waals surface area (Å²) in [5.41, 5.74) is 0. The fourth-order valence-corrected chi connectivity index (χ4v) is 3.75. The first-order valence-corrected chi connectivity index (χ1v) is 8.04. The zero-order valence-corrected chi connectivity index (χ0v) is 13.3. The number of nitrogens with zero attached hydrogens (tertiary/aromatic N) is 4. The molecule has 0 radical (unpaired) electrons. The van der Waals surface area contributed by atoms with Crippen molar-refractivity contribution >= 4 is 11.9 Å². The highest BCUT2D eigenvalue weighted by Gasteiger charge is 2.48. The SMILES string of the molecule is CC(=O)N1CCN(C(=O)N2C3CC2CN(C(C)C)C3)CC1. The van der Waals surface area contributed by atoms with Crippen LogP contribution in [0.2, 0.25) is 0 Å². The largest absolute Gasteiger partial charge is 0.339 e. The second-order valence-electron chi connectivity index (χ2n) is 6.77. The monoisotopic (exact) mass is 294 g/mol. The third-order valence-electron chi connectivity index (χ3n) is 5.17. The van der Waals surface area contributed by atoms with Crippen LogP contribution < -0.4 is 0 Å². The summed E-state index contributed by atoms with van der Waals surface area (Å²) in [7, 11) is 0. The van der Waals surface area contributed by atoms with Crippen molar-refractivity contribution in [3.8, 4) is 0 Å². The Hall–Kier alpha value is -1.30. The van der Waals surface area contributed by atoms with Gasteiger partial charge in [-0.2, -0.15) is 0 Å². The second kappa shape index (κ2) is 5.48. The molecular weight excluding hydrogens is 268 g/mol. The number of fused-ring (bicyclic) bond motifs is 2. The third kappa shape index (κ3) is 2.61. The van der Waals surface area contributed by atoms with Gasteiger partial charge in [-0.3, -0.25) is 9.69 Å². The highest BCUT2D eigenvalue weighted by molar-refractivity contribution is 5.77. The van der Waals surface area contributed by atoms with E-state index >= 15 is 0 Å². The Labute approximate surface area is 126 Å². The lowest BCUT2D eigenvalue weighted by Crippen LogP contribution is -2.73. The Morgan fingerprint density at radius 2 is 1.48 bits per heavy atom. The van der Waals surface area contributed by atoms with E-state index in [-0.39, 0.29) is 11.9 Å².